The summed E-state index contributed by atoms with van der Waals surface area (Å²) in [4.78, 5) is 40.8. The van der Waals surface area contributed by atoms with Crippen LogP contribution < -0.4 is 5.32 Å². The van der Waals surface area contributed by atoms with Crippen LogP contribution in [0.4, 0.5) is 10.1 Å². The zero-order valence-corrected chi connectivity index (χ0v) is 17.9. The van der Waals surface area contributed by atoms with Crippen molar-refractivity contribution in [1.29, 1.82) is 0 Å². The summed E-state index contributed by atoms with van der Waals surface area (Å²) in [7, 11) is 0. The highest BCUT2D eigenvalue weighted by Crippen LogP contribution is 2.38. The van der Waals surface area contributed by atoms with Gasteiger partial charge >= 0.3 is 0 Å². The molecule has 6 nitrogen and oxygen atoms in total. The first-order valence-corrected chi connectivity index (χ1v) is 10.7. The summed E-state index contributed by atoms with van der Waals surface area (Å²) in [5, 5.41) is 2.96. The molecule has 1 heterocycles. The minimum atomic E-state index is -0.496. The molecule has 0 radical (unpaired) electrons. The average molecular weight is 444 g/mol. The van der Waals surface area contributed by atoms with Crippen molar-refractivity contribution in [3.8, 4) is 0 Å². The number of rotatable bonds is 4. The van der Waals surface area contributed by atoms with E-state index in [0.717, 1.165) is 12.5 Å². The van der Waals surface area contributed by atoms with E-state index in [1.165, 1.54) is 12.1 Å². The topological polar surface area (TPSA) is 69.7 Å². The molecule has 8 heteroatoms. The number of benzene rings is 2. The number of hydrogen-bond donors (Lipinski definition) is 1. The van der Waals surface area contributed by atoms with Crippen LogP contribution in [0.5, 0.6) is 0 Å². The minimum Gasteiger partial charge on any atom is -0.335 e. The Labute approximate surface area is 185 Å². The molecule has 0 bridgehead atoms. The van der Waals surface area contributed by atoms with Crippen LogP contribution in [0.1, 0.15) is 34.1 Å². The Morgan fingerprint density at radius 3 is 2.10 bits per heavy atom. The summed E-state index contributed by atoms with van der Waals surface area (Å²) in [6.07, 6.45) is 0.921. The van der Waals surface area contributed by atoms with E-state index in [9.17, 15) is 18.8 Å². The molecule has 31 heavy (non-hydrogen) atoms. The van der Waals surface area contributed by atoms with Gasteiger partial charge in [-0.2, -0.15) is 0 Å². The van der Waals surface area contributed by atoms with Gasteiger partial charge in [0.2, 0.25) is 5.91 Å². The fourth-order valence-electron chi connectivity index (χ4n) is 3.75. The molecule has 3 amide bonds. The van der Waals surface area contributed by atoms with Gasteiger partial charge in [-0.15, -0.1) is 0 Å². The molecule has 1 saturated heterocycles. The average Bonchev–Trinajstić information content (AvgIpc) is 3.50. The van der Waals surface area contributed by atoms with Gasteiger partial charge < -0.3 is 15.1 Å². The van der Waals surface area contributed by atoms with Gasteiger partial charge in [0.15, 0.2) is 0 Å². The Kier molecular flexibility index (Phi) is 5.96. The fraction of sp³-hybridized carbons (Fsp3) is 0.348. The van der Waals surface area contributed by atoms with Crippen LogP contribution in [0, 0.1) is 17.7 Å². The maximum absolute atomic E-state index is 13.2. The highest BCUT2D eigenvalue weighted by Gasteiger charge is 2.39. The normalized spacial score (nSPS) is 20.4. The summed E-state index contributed by atoms with van der Waals surface area (Å²) in [5.41, 5.74) is 1.45. The van der Waals surface area contributed by atoms with Crippen molar-refractivity contribution < 1.29 is 18.8 Å². The predicted molar refractivity (Wildman–Crippen MR) is 116 cm³/mol. The lowest BCUT2D eigenvalue weighted by Crippen LogP contribution is -2.50. The summed E-state index contributed by atoms with van der Waals surface area (Å²) in [6, 6.07) is 10.6. The van der Waals surface area contributed by atoms with Crippen LogP contribution in [0.3, 0.4) is 0 Å². The van der Waals surface area contributed by atoms with Crippen molar-refractivity contribution in [1.82, 2.24) is 9.80 Å². The van der Waals surface area contributed by atoms with E-state index >= 15 is 0 Å². The van der Waals surface area contributed by atoms with E-state index < -0.39 is 5.82 Å². The third kappa shape index (κ3) is 4.71. The zero-order chi connectivity index (χ0) is 22.1. The molecule has 0 aromatic heterocycles. The Morgan fingerprint density at radius 2 is 1.55 bits per heavy atom. The molecule has 2 unspecified atom stereocenters. The van der Waals surface area contributed by atoms with Gasteiger partial charge in [-0.1, -0.05) is 18.5 Å². The van der Waals surface area contributed by atoms with E-state index in [1.54, 1.807) is 34.1 Å². The van der Waals surface area contributed by atoms with Gasteiger partial charge in [0.25, 0.3) is 11.8 Å². The minimum absolute atomic E-state index is 0.0219. The van der Waals surface area contributed by atoms with Crippen molar-refractivity contribution >= 4 is 35.0 Å². The lowest BCUT2D eigenvalue weighted by Gasteiger charge is -2.35. The highest BCUT2D eigenvalue weighted by atomic mass is 35.5. The molecule has 2 fully saturated rings. The third-order valence-corrected chi connectivity index (χ3v) is 6.17. The van der Waals surface area contributed by atoms with Crippen LogP contribution in [-0.2, 0) is 4.79 Å². The van der Waals surface area contributed by atoms with Gasteiger partial charge in [-0.3, -0.25) is 14.4 Å². The van der Waals surface area contributed by atoms with Crippen LogP contribution in [-0.4, -0.2) is 53.7 Å². The lowest BCUT2D eigenvalue weighted by atomic mass is 10.1. The van der Waals surface area contributed by atoms with E-state index in [-0.39, 0.29) is 34.2 Å². The monoisotopic (exact) mass is 443 g/mol. The van der Waals surface area contributed by atoms with Crippen molar-refractivity contribution in [3.63, 3.8) is 0 Å². The largest absolute Gasteiger partial charge is 0.335 e. The first-order valence-electron chi connectivity index (χ1n) is 10.3. The van der Waals surface area contributed by atoms with Gasteiger partial charge in [0.1, 0.15) is 5.82 Å². The SMILES string of the molecule is CC1CC1C(=O)Nc1ccc(C(=O)N2CCN(C(=O)c3ccc(F)cc3Cl)CC2)cc1. The number of nitrogens with one attached hydrogen (secondary N) is 1. The van der Waals surface area contributed by atoms with Gasteiger partial charge in [0, 0.05) is 43.3 Å². The van der Waals surface area contributed by atoms with Gasteiger partial charge in [-0.25, -0.2) is 4.39 Å². The molecule has 0 spiro atoms. The molecule has 4 rings (SSSR count). The predicted octanol–water partition coefficient (Wildman–Crippen LogP) is 3.67. The van der Waals surface area contributed by atoms with Gasteiger partial charge in [0.05, 0.1) is 10.6 Å². The summed E-state index contributed by atoms with van der Waals surface area (Å²) in [6.45, 7) is 3.56. The quantitative estimate of drug-likeness (QED) is 0.783. The second kappa shape index (κ2) is 8.67. The summed E-state index contributed by atoms with van der Waals surface area (Å²) >= 11 is 6.00. The second-order valence-electron chi connectivity index (χ2n) is 8.09. The van der Waals surface area contributed by atoms with Crippen molar-refractivity contribution in [3.05, 3.63) is 64.4 Å². The van der Waals surface area contributed by atoms with E-state index in [2.05, 4.69) is 5.32 Å². The lowest BCUT2D eigenvalue weighted by molar-refractivity contribution is -0.117. The van der Waals surface area contributed by atoms with Crippen LogP contribution >= 0.6 is 11.6 Å². The number of halogens is 2. The number of piperazine rings is 1. The summed E-state index contributed by atoms with van der Waals surface area (Å²) in [5.74, 6) is -0.350. The Hall–Kier alpha value is -2.93. The molecular weight excluding hydrogens is 421 g/mol. The smallest absolute Gasteiger partial charge is 0.255 e. The number of anilines is 1. The molecule has 2 aromatic rings. The Balaban J connectivity index is 1.32. The highest BCUT2D eigenvalue weighted by molar-refractivity contribution is 6.33. The van der Waals surface area contributed by atoms with Crippen LogP contribution in [0.15, 0.2) is 42.5 Å². The number of amides is 3. The molecule has 1 saturated carbocycles. The number of nitrogens with zero attached hydrogens (tertiary/aromatic N) is 2. The Bertz CT molecular complexity index is 1020. The molecule has 162 valence electrons. The van der Waals surface area contributed by atoms with E-state index in [0.29, 0.717) is 43.3 Å². The second-order valence-corrected chi connectivity index (χ2v) is 8.50. The maximum atomic E-state index is 13.2. The molecule has 2 atom stereocenters. The molecule has 1 N–H and O–H groups in total. The van der Waals surface area contributed by atoms with Crippen molar-refractivity contribution in [2.24, 2.45) is 11.8 Å². The molecule has 1 aliphatic heterocycles. The first-order chi connectivity index (χ1) is 14.8. The standard InChI is InChI=1S/C23H23ClFN3O3/c1-14-12-19(14)21(29)26-17-5-2-15(3-6-17)22(30)27-8-10-28(11-9-27)23(31)18-7-4-16(25)13-20(18)24/h2-7,13-14,19H,8-12H2,1H3,(H,26,29). The van der Waals surface area contributed by atoms with Crippen LogP contribution in [0.25, 0.3) is 0 Å². The molecule has 1 aliphatic carbocycles. The maximum Gasteiger partial charge on any atom is 0.255 e. The van der Waals surface area contributed by atoms with Crippen molar-refractivity contribution in [2.45, 2.75) is 13.3 Å². The number of carbonyl (C=O) groups excluding carboxylic acids is 3. The number of carbonyl (C=O) groups is 3. The Morgan fingerprint density at radius 1 is 0.968 bits per heavy atom. The summed E-state index contributed by atoms with van der Waals surface area (Å²) < 4.78 is 13.2. The van der Waals surface area contributed by atoms with Crippen LogP contribution in [0.2, 0.25) is 5.02 Å². The first kappa shape index (κ1) is 21.3. The zero-order valence-electron chi connectivity index (χ0n) is 17.1. The van der Waals surface area contributed by atoms with Gasteiger partial charge in [-0.05, 0) is 54.8 Å². The molecule has 2 aromatic carbocycles. The molecule has 2 aliphatic rings. The fourth-order valence-corrected chi connectivity index (χ4v) is 4.00. The van der Waals surface area contributed by atoms with E-state index in [4.69, 9.17) is 11.6 Å². The van der Waals surface area contributed by atoms with Crippen molar-refractivity contribution in [2.75, 3.05) is 31.5 Å². The molecular formula is C23H23ClFN3O3. The van der Waals surface area contributed by atoms with E-state index in [1.807, 2.05) is 6.92 Å². The third-order valence-electron chi connectivity index (χ3n) is 5.86. The number of hydrogen-bond acceptors (Lipinski definition) is 3.